The molecule has 0 atom stereocenters. The summed E-state index contributed by atoms with van der Waals surface area (Å²) in [5, 5.41) is 3.44. The lowest BCUT2D eigenvalue weighted by molar-refractivity contribution is -0.137. The number of piperazine rings is 1. The standard InChI is InChI=1S/C35H30F3N5O5/c1-41-28-9-8-27(48-32-11-7-26(19-39-32)40-33(44)23-3-5-25(6-4-23)35(36,37)38)17-24(28)18-29(41)34(45)43-14-12-42(13-15-43)20-22-2-10-30-31(16-22)47-21-46-30/h2-11,16-19H,12-15,20-21H2,1H3,(H,40,44). The number of fused-ring (bicyclic) bond motifs is 2. The van der Waals surface area contributed by atoms with Gasteiger partial charge in [0.1, 0.15) is 11.4 Å². The lowest BCUT2D eigenvalue weighted by Crippen LogP contribution is -2.48. The van der Waals surface area contributed by atoms with Crippen LogP contribution in [0.1, 0.15) is 32.0 Å². The summed E-state index contributed by atoms with van der Waals surface area (Å²) >= 11 is 0. The molecule has 1 saturated heterocycles. The van der Waals surface area contributed by atoms with Crippen LogP contribution in [0.3, 0.4) is 0 Å². The van der Waals surface area contributed by atoms with Gasteiger partial charge in [-0.05, 0) is 72.3 Å². The second-order valence-corrected chi connectivity index (χ2v) is 11.6. The van der Waals surface area contributed by atoms with Crippen LogP contribution in [-0.4, -0.2) is 64.1 Å². The summed E-state index contributed by atoms with van der Waals surface area (Å²) in [4.78, 5) is 34.5. The van der Waals surface area contributed by atoms with Crippen LogP contribution >= 0.6 is 0 Å². The van der Waals surface area contributed by atoms with E-state index < -0.39 is 17.6 Å². The van der Waals surface area contributed by atoms with E-state index in [-0.39, 0.29) is 24.1 Å². The van der Waals surface area contributed by atoms with Crippen LogP contribution in [0.2, 0.25) is 0 Å². The van der Waals surface area contributed by atoms with Crippen LogP contribution in [0.25, 0.3) is 10.9 Å². The van der Waals surface area contributed by atoms with Crippen molar-refractivity contribution in [1.82, 2.24) is 19.4 Å². The molecule has 1 N–H and O–H groups in total. The van der Waals surface area contributed by atoms with Gasteiger partial charge in [0.2, 0.25) is 12.7 Å². The highest BCUT2D eigenvalue weighted by Gasteiger charge is 2.30. The predicted molar refractivity (Wildman–Crippen MR) is 170 cm³/mol. The maximum atomic E-state index is 13.6. The lowest BCUT2D eigenvalue weighted by atomic mass is 10.1. The minimum absolute atomic E-state index is 0.0329. The quantitative estimate of drug-likeness (QED) is 0.219. The lowest BCUT2D eigenvalue weighted by Gasteiger charge is -2.34. The van der Waals surface area contributed by atoms with Crippen LogP contribution in [-0.2, 0) is 19.8 Å². The Hall–Kier alpha value is -5.56. The molecule has 2 aliphatic heterocycles. The van der Waals surface area contributed by atoms with Gasteiger partial charge >= 0.3 is 6.18 Å². The SMILES string of the molecule is Cn1c(C(=O)N2CCN(Cc3ccc4c(c3)OCO4)CC2)cc2cc(Oc3ccc(NC(=O)c4ccc(C(F)(F)F)cc4)cn3)ccc21. The Labute approximate surface area is 273 Å². The van der Waals surface area contributed by atoms with Gasteiger partial charge in [-0.25, -0.2) is 4.98 Å². The summed E-state index contributed by atoms with van der Waals surface area (Å²) in [6.07, 6.45) is -3.09. The fraction of sp³-hybridized carbons (Fsp3) is 0.229. The number of carbonyl (C=O) groups excluding carboxylic acids is 2. The predicted octanol–water partition coefficient (Wildman–Crippen LogP) is 6.32. The highest BCUT2D eigenvalue weighted by molar-refractivity contribution is 6.04. The van der Waals surface area contributed by atoms with E-state index in [1.165, 1.54) is 6.20 Å². The van der Waals surface area contributed by atoms with Crippen molar-refractivity contribution in [3.63, 3.8) is 0 Å². The van der Waals surface area contributed by atoms with Crippen molar-refractivity contribution >= 4 is 28.4 Å². The molecule has 246 valence electrons. The van der Waals surface area contributed by atoms with Gasteiger partial charge in [0, 0.05) is 62.3 Å². The maximum Gasteiger partial charge on any atom is 0.416 e. The number of alkyl halides is 3. The average molecular weight is 658 g/mol. The average Bonchev–Trinajstić information content (AvgIpc) is 3.69. The third-order valence-corrected chi connectivity index (χ3v) is 8.43. The van der Waals surface area contributed by atoms with Crippen LogP contribution in [0.5, 0.6) is 23.1 Å². The Morgan fingerprint density at radius 3 is 2.40 bits per heavy atom. The maximum absolute atomic E-state index is 13.6. The van der Waals surface area contributed by atoms with Gasteiger partial charge in [-0.3, -0.25) is 14.5 Å². The molecule has 7 rings (SSSR count). The summed E-state index contributed by atoms with van der Waals surface area (Å²) in [5.74, 6) is 1.71. The molecule has 0 radical (unpaired) electrons. The minimum atomic E-state index is -4.48. The summed E-state index contributed by atoms with van der Waals surface area (Å²) < 4.78 is 57.1. The molecule has 0 spiro atoms. The van der Waals surface area contributed by atoms with E-state index in [1.54, 1.807) is 18.2 Å². The third kappa shape index (κ3) is 6.49. The zero-order valence-electron chi connectivity index (χ0n) is 25.8. The molecule has 3 aromatic carbocycles. The Balaban J connectivity index is 0.953. The summed E-state index contributed by atoms with van der Waals surface area (Å²) in [6.45, 7) is 3.76. The minimum Gasteiger partial charge on any atom is -0.454 e. The largest absolute Gasteiger partial charge is 0.454 e. The number of amides is 2. The first-order valence-corrected chi connectivity index (χ1v) is 15.2. The highest BCUT2D eigenvalue weighted by Crippen LogP contribution is 2.33. The van der Waals surface area contributed by atoms with Gasteiger partial charge in [-0.1, -0.05) is 6.07 Å². The number of anilines is 1. The molecular formula is C35H30F3N5O5. The zero-order valence-corrected chi connectivity index (χ0v) is 25.8. The van der Waals surface area contributed by atoms with E-state index in [0.29, 0.717) is 30.2 Å². The molecule has 13 heteroatoms. The Kier molecular flexibility index (Phi) is 8.13. The number of benzene rings is 3. The summed E-state index contributed by atoms with van der Waals surface area (Å²) in [7, 11) is 1.87. The number of nitrogens with one attached hydrogen (secondary N) is 1. The number of nitrogens with zero attached hydrogens (tertiary/aromatic N) is 4. The molecule has 10 nitrogen and oxygen atoms in total. The van der Waals surface area contributed by atoms with Gasteiger partial charge in [0.05, 0.1) is 17.4 Å². The first-order chi connectivity index (χ1) is 23.1. The van der Waals surface area contributed by atoms with Crippen molar-refractivity contribution in [2.45, 2.75) is 12.7 Å². The number of hydrogen-bond donors (Lipinski definition) is 1. The number of rotatable bonds is 7. The molecule has 1 fully saturated rings. The fourth-order valence-corrected chi connectivity index (χ4v) is 5.81. The topological polar surface area (TPSA) is 98.2 Å². The van der Waals surface area contributed by atoms with Crippen molar-refractivity contribution in [3.8, 4) is 23.1 Å². The zero-order chi connectivity index (χ0) is 33.4. The summed E-state index contributed by atoms with van der Waals surface area (Å²) in [6, 6.07) is 20.4. The van der Waals surface area contributed by atoms with Gasteiger partial charge in [0.25, 0.3) is 11.8 Å². The van der Waals surface area contributed by atoms with Crippen LogP contribution in [0, 0.1) is 0 Å². The van der Waals surface area contributed by atoms with Crippen LogP contribution in [0.15, 0.2) is 85.1 Å². The molecule has 4 heterocycles. The van der Waals surface area contributed by atoms with E-state index in [0.717, 1.165) is 71.9 Å². The number of carbonyl (C=O) groups is 2. The van der Waals surface area contributed by atoms with E-state index >= 15 is 0 Å². The van der Waals surface area contributed by atoms with Gasteiger partial charge in [-0.2, -0.15) is 13.2 Å². The normalized spacial score (nSPS) is 14.7. The van der Waals surface area contributed by atoms with E-state index in [4.69, 9.17) is 14.2 Å². The number of ether oxygens (including phenoxy) is 3. The molecule has 48 heavy (non-hydrogen) atoms. The van der Waals surface area contributed by atoms with Gasteiger partial charge in [0.15, 0.2) is 11.5 Å². The van der Waals surface area contributed by atoms with Crippen molar-refractivity contribution in [2.75, 3.05) is 38.3 Å². The molecule has 0 aliphatic carbocycles. The number of aromatic nitrogens is 2. The monoisotopic (exact) mass is 657 g/mol. The van der Waals surface area contributed by atoms with Crippen LogP contribution < -0.4 is 19.5 Å². The van der Waals surface area contributed by atoms with Crippen LogP contribution in [0.4, 0.5) is 18.9 Å². The molecular weight excluding hydrogens is 627 g/mol. The third-order valence-electron chi connectivity index (χ3n) is 8.43. The molecule has 0 unspecified atom stereocenters. The molecule has 2 amide bonds. The molecule has 2 aliphatic rings. The number of aryl methyl sites for hydroxylation is 1. The Morgan fingerprint density at radius 2 is 1.67 bits per heavy atom. The van der Waals surface area contributed by atoms with E-state index in [2.05, 4.69) is 15.2 Å². The van der Waals surface area contributed by atoms with Crippen molar-refractivity contribution in [2.24, 2.45) is 7.05 Å². The molecule has 5 aromatic rings. The summed E-state index contributed by atoms with van der Waals surface area (Å²) in [5.41, 5.74) is 2.20. The first-order valence-electron chi connectivity index (χ1n) is 15.2. The van der Waals surface area contributed by atoms with Gasteiger partial charge in [-0.15, -0.1) is 0 Å². The highest BCUT2D eigenvalue weighted by atomic mass is 19.4. The first kappa shape index (κ1) is 31.1. The molecule has 0 saturated carbocycles. The molecule has 2 aromatic heterocycles. The number of hydrogen-bond acceptors (Lipinski definition) is 7. The van der Waals surface area contributed by atoms with Crippen molar-refractivity contribution in [3.05, 3.63) is 107 Å². The molecule has 0 bridgehead atoms. The van der Waals surface area contributed by atoms with Crippen molar-refractivity contribution < 1.29 is 37.0 Å². The fourth-order valence-electron chi connectivity index (χ4n) is 5.81. The smallest absolute Gasteiger partial charge is 0.416 e. The Morgan fingerprint density at radius 1 is 0.896 bits per heavy atom. The number of pyridine rings is 1. The van der Waals surface area contributed by atoms with Crippen molar-refractivity contribution in [1.29, 1.82) is 0 Å². The number of halogens is 3. The Bertz CT molecular complexity index is 1990. The van der Waals surface area contributed by atoms with E-state index in [1.807, 2.05) is 52.9 Å². The second kappa shape index (κ2) is 12.6. The van der Waals surface area contributed by atoms with E-state index in [9.17, 15) is 22.8 Å². The van der Waals surface area contributed by atoms with Gasteiger partial charge < -0.3 is 29.0 Å². The second-order valence-electron chi connectivity index (χ2n) is 11.6.